The molecule has 0 amide bonds. The lowest BCUT2D eigenvalue weighted by Gasteiger charge is -2.21. The van der Waals surface area contributed by atoms with Crippen LogP contribution in [0.15, 0.2) is 29.2 Å². The smallest absolute Gasteiger partial charge is 0.179 e. The first-order valence-corrected chi connectivity index (χ1v) is 6.94. The molecule has 0 unspecified atom stereocenters. The summed E-state index contributed by atoms with van der Waals surface area (Å²) in [6.07, 6.45) is 0. The Morgan fingerprint density at radius 1 is 1.35 bits per heavy atom. The van der Waals surface area contributed by atoms with E-state index in [-0.39, 0.29) is 17.3 Å². The number of sulfone groups is 1. The molecule has 0 bridgehead atoms. The summed E-state index contributed by atoms with van der Waals surface area (Å²) in [5, 5.41) is 9.12. The highest BCUT2D eigenvalue weighted by atomic mass is 32.2. The summed E-state index contributed by atoms with van der Waals surface area (Å²) in [5.74, 6) is 0.414. The van der Waals surface area contributed by atoms with Crippen LogP contribution in [0.3, 0.4) is 0 Å². The third-order valence-corrected chi connectivity index (χ3v) is 4.54. The summed E-state index contributed by atoms with van der Waals surface area (Å²) in [4.78, 5) is 0.221. The predicted molar refractivity (Wildman–Crippen MR) is 65.9 cm³/mol. The lowest BCUT2D eigenvalue weighted by molar-refractivity contribution is 0.179. The van der Waals surface area contributed by atoms with Gasteiger partial charge in [0.1, 0.15) is 5.75 Å². The van der Waals surface area contributed by atoms with Gasteiger partial charge in [-0.15, -0.1) is 0 Å². The van der Waals surface area contributed by atoms with Crippen LogP contribution in [0.1, 0.15) is 13.8 Å². The Bertz CT molecular complexity index is 477. The SMILES string of the molecule is COc1cccc(S(=O)(=O)CC(C)(C)CO)c1. The molecule has 96 valence electrons. The van der Waals surface area contributed by atoms with Crippen molar-refractivity contribution in [2.24, 2.45) is 5.41 Å². The van der Waals surface area contributed by atoms with Crippen LogP contribution in [0.5, 0.6) is 5.75 Å². The highest BCUT2D eigenvalue weighted by Gasteiger charge is 2.27. The maximum Gasteiger partial charge on any atom is 0.179 e. The van der Waals surface area contributed by atoms with Crippen molar-refractivity contribution in [1.82, 2.24) is 0 Å². The van der Waals surface area contributed by atoms with E-state index >= 15 is 0 Å². The zero-order valence-electron chi connectivity index (χ0n) is 10.3. The zero-order valence-corrected chi connectivity index (χ0v) is 11.1. The molecule has 0 saturated heterocycles. The number of benzene rings is 1. The molecule has 4 nitrogen and oxygen atoms in total. The van der Waals surface area contributed by atoms with Crippen molar-refractivity contribution >= 4 is 9.84 Å². The van der Waals surface area contributed by atoms with Crippen molar-refractivity contribution in [3.05, 3.63) is 24.3 Å². The van der Waals surface area contributed by atoms with Crippen molar-refractivity contribution in [3.8, 4) is 5.75 Å². The average molecular weight is 258 g/mol. The minimum Gasteiger partial charge on any atom is -0.497 e. The largest absolute Gasteiger partial charge is 0.497 e. The van der Waals surface area contributed by atoms with Crippen molar-refractivity contribution in [2.45, 2.75) is 18.7 Å². The van der Waals surface area contributed by atoms with Gasteiger partial charge in [0, 0.05) is 12.0 Å². The number of aliphatic hydroxyl groups excluding tert-OH is 1. The second kappa shape index (κ2) is 5.06. The molecule has 0 radical (unpaired) electrons. The molecule has 17 heavy (non-hydrogen) atoms. The summed E-state index contributed by atoms with van der Waals surface area (Å²) in [7, 11) is -1.91. The van der Waals surface area contributed by atoms with Gasteiger partial charge in [0.2, 0.25) is 0 Å². The molecular formula is C12H18O4S. The van der Waals surface area contributed by atoms with Crippen LogP contribution >= 0.6 is 0 Å². The summed E-state index contributed by atoms with van der Waals surface area (Å²) in [6, 6.07) is 6.35. The molecule has 0 aliphatic carbocycles. The number of methoxy groups -OCH3 is 1. The minimum atomic E-state index is -3.40. The molecule has 0 fully saturated rings. The van der Waals surface area contributed by atoms with Crippen LogP contribution in [0.2, 0.25) is 0 Å². The van der Waals surface area contributed by atoms with Gasteiger partial charge in [-0.2, -0.15) is 0 Å². The maximum absolute atomic E-state index is 12.1. The van der Waals surface area contributed by atoms with Crippen LogP contribution in [0, 0.1) is 5.41 Å². The van der Waals surface area contributed by atoms with Crippen LogP contribution in [-0.2, 0) is 9.84 Å². The topological polar surface area (TPSA) is 63.6 Å². The number of hydrogen-bond donors (Lipinski definition) is 1. The Kier molecular flexibility index (Phi) is 4.16. The Hall–Kier alpha value is -1.07. The molecular weight excluding hydrogens is 240 g/mol. The van der Waals surface area contributed by atoms with Crippen molar-refractivity contribution in [1.29, 1.82) is 0 Å². The van der Waals surface area contributed by atoms with E-state index in [2.05, 4.69) is 0 Å². The van der Waals surface area contributed by atoms with Crippen molar-refractivity contribution < 1.29 is 18.3 Å². The van der Waals surface area contributed by atoms with E-state index in [0.717, 1.165) is 0 Å². The average Bonchev–Trinajstić information content (AvgIpc) is 2.28. The first kappa shape index (κ1) is 14.0. The first-order valence-electron chi connectivity index (χ1n) is 5.28. The van der Waals surface area contributed by atoms with Gasteiger partial charge in [-0.25, -0.2) is 8.42 Å². The fourth-order valence-corrected chi connectivity index (χ4v) is 3.31. The van der Waals surface area contributed by atoms with E-state index in [1.807, 2.05) is 0 Å². The van der Waals surface area contributed by atoms with Gasteiger partial charge in [0.05, 0.1) is 17.8 Å². The summed E-state index contributed by atoms with van der Waals surface area (Å²) in [6.45, 7) is 3.26. The van der Waals surface area contributed by atoms with E-state index < -0.39 is 15.3 Å². The Labute approximate surface area is 102 Å². The van der Waals surface area contributed by atoms with Gasteiger partial charge in [-0.1, -0.05) is 19.9 Å². The monoisotopic (exact) mass is 258 g/mol. The maximum atomic E-state index is 12.1. The molecule has 0 aliphatic heterocycles. The second-order valence-corrected chi connectivity index (χ2v) is 6.75. The van der Waals surface area contributed by atoms with Crippen molar-refractivity contribution in [3.63, 3.8) is 0 Å². The third-order valence-electron chi connectivity index (χ3n) is 2.41. The normalized spacial score (nSPS) is 12.5. The third kappa shape index (κ3) is 3.71. The van der Waals surface area contributed by atoms with E-state index in [1.165, 1.54) is 19.2 Å². The second-order valence-electron chi connectivity index (χ2n) is 4.76. The van der Waals surface area contributed by atoms with Crippen molar-refractivity contribution in [2.75, 3.05) is 19.5 Å². The summed E-state index contributed by atoms with van der Waals surface area (Å²) < 4.78 is 29.2. The van der Waals surface area contributed by atoms with Gasteiger partial charge in [0.25, 0.3) is 0 Å². The lowest BCUT2D eigenvalue weighted by Crippen LogP contribution is -2.27. The van der Waals surface area contributed by atoms with Gasteiger partial charge in [-0.05, 0) is 18.2 Å². The Balaban J connectivity index is 3.05. The highest BCUT2D eigenvalue weighted by Crippen LogP contribution is 2.24. The lowest BCUT2D eigenvalue weighted by atomic mass is 9.98. The van der Waals surface area contributed by atoms with Gasteiger partial charge >= 0.3 is 0 Å². The number of hydrogen-bond acceptors (Lipinski definition) is 4. The fourth-order valence-electron chi connectivity index (χ4n) is 1.44. The van der Waals surface area contributed by atoms with E-state index in [1.54, 1.807) is 26.0 Å². The van der Waals surface area contributed by atoms with Crippen LogP contribution in [0.25, 0.3) is 0 Å². The number of rotatable bonds is 5. The fraction of sp³-hybridized carbons (Fsp3) is 0.500. The van der Waals surface area contributed by atoms with Crippen LogP contribution in [0.4, 0.5) is 0 Å². The molecule has 1 aromatic carbocycles. The zero-order chi connectivity index (χ0) is 13.1. The molecule has 1 rings (SSSR count). The standard InChI is InChI=1S/C12H18O4S/c1-12(2,8-13)9-17(14,15)11-6-4-5-10(7-11)16-3/h4-7,13H,8-9H2,1-3H3. The van der Waals surface area contributed by atoms with Gasteiger partial charge < -0.3 is 9.84 Å². The molecule has 0 aromatic heterocycles. The van der Waals surface area contributed by atoms with E-state index in [0.29, 0.717) is 5.75 Å². The van der Waals surface area contributed by atoms with Gasteiger partial charge in [0.15, 0.2) is 9.84 Å². The highest BCUT2D eigenvalue weighted by molar-refractivity contribution is 7.91. The molecule has 0 atom stereocenters. The first-order chi connectivity index (χ1) is 7.80. The minimum absolute atomic E-state index is 0.0936. The number of ether oxygens (including phenoxy) is 1. The summed E-state index contributed by atoms with van der Waals surface area (Å²) >= 11 is 0. The van der Waals surface area contributed by atoms with Crippen LogP contribution in [-0.4, -0.2) is 33.0 Å². The van der Waals surface area contributed by atoms with Gasteiger partial charge in [-0.3, -0.25) is 0 Å². The molecule has 1 aromatic rings. The molecule has 5 heteroatoms. The number of aliphatic hydroxyl groups is 1. The molecule has 0 saturated carbocycles. The molecule has 0 heterocycles. The Morgan fingerprint density at radius 2 is 2.00 bits per heavy atom. The molecule has 0 aliphatic rings. The van der Waals surface area contributed by atoms with E-state index in [9.17, 15) is 8.42 Å². The molecule has 1 N–H and O–H groups in total. The van der Waals surface area contributed by atoms with E-state index in [4.69, 9.17) is 9.84 Å². The Morgan fingerprint density at radius 3 is 2.53 bits per heavy atom. The molecule has 0 spiro atoms. The summed E-state index contributed by atoms with van der Waals surface area (Å²) in [5.41, 5.74) is -0.651. The van der Waals surface area contributed by atoms with Crippen LogP contribution < -0.4 is 4.74 Å². The quantitative estimate of drug-likeness (QED) is 0.869. The predicted octanol–water partition coefficient (Wildman–Crippen LogP) is 1.49.